The maximum Gasteiger partial charge on any atom is 0.181 e. The molecule has 2 rings (SSSR count). The molecule has 0 fully saturated rings. The molecule has 0 saturated carbocycles. The Morgan fingerprint density at radius 1 is 1.50 bits per heavy atom. The molecule has 1 aromatic carbocycles. The molecule has 6 nitrogen and oxygen atoms in total. The molecule has 6 heteroatoms. The van der Waals surface area contributed by atoms with E-state index in [0.29, 0.717) is 18.3 Å². The number of aromatic amines is 1. The van der Waals surface area contributed by atoms with Crippen molar-refractivity contribution in [2.75, 3.05) is 6.61 Å². The number of hydrogen-bond acceptors (Lipinski definition) is 4. The van der Waals surface area contributed by atoms with E-state index in [1.165, 1.54) is 0 Å². The van der Waals surface area contributed by atoms with Crippen LogP contribution >= 0.6 is 0 Å². The molecule has 3 N–H and O–H groups in total. The Labute approximate surface area is 105 Å². The van der Waals surface area contributed by atoms with Gasteiger partial charge in [0.05, 0.1) is 0 Å². The summed E-state index contributed by atoms with van der Waals surface area (Å²) in [5.74, 6) is 1.75. The lowest BCUT2D eigenvalue weighted by molar-refractivity contribution is 0.158. The molecule has 0 unspecified atom stereocenters. The molecule has 0 aliphatic rings. The molecule has 0 aliphatic heterocycles. The first-order valence-corrected chi connectivity index (χ1v) is 5.66. The first-order chi connectivity index (χ1) is 8.70. The number of nitrogens with two attached hydrogens (primary N) is 1. The Hall–Kier alpha value is -2.37. The Morgan fingerprint density at radius 3 is 3.00 bits per heavy atom. The van der Waals surface area contributed by atoms with E-state index in [9.17, 15) is 0 Å². The van der Waals surface area contributed by atoms with Gasteiger partial charge >= 0.3 is 0 Å². The van der Waals surface area contributed by atoms with Gasteiger partial charge in [-0.2, -0.15) is 5.10 Å². The minimum absolute atomic E-state index is 0.339. The smallest absolute Gasteiger partial charge is 0.181 e. The zero-order valence-electron chi connectivity index (χ0n) is 10.3. The fraction of sp³-hybridized carbons (Fsp3) is 0.250. The molecule has 1 aromatic heterocycles. The standard InChI is InChI=1S/C12H15N5O/c1-3-18-17-11(13)9-5-4-6-10(7-9)12-14-8(2)15-16-12/h4-7H,3H2,1-2H3,(H2,13,17)(H,14,15,16). The summed E-state index contributed by atoms with van der Waals surface area (Å²) in [5, 5.41) is 10.7. The van der Waals surface area contributed by atoms with Crippen molar-refractivity contribution in [3.63, 3.8) is 0 Å². The molecular formula is C12H15N5O. The summed E-state index contributed by atoms with van der Waals surface area (Å²) in [6, 6.07) is 7.53. The van der Waals surface area contributed by atoms with Crippen molar-refractivity contribution in [1.82, 2.24) is 15.2 Å². The third-order valence-electron chi connectivity index (χ3n) is 2.31. The second-order valence-electron chi connectivity index (χ2n) is 3.72. The number of H-pyrrole nitrogens is 1. The molecule has 0 amide bonds. The number of hydrogen-bond donors (Lipinski definition) is 2. The van der Waals surface area contributed by atoms with E-state index in [1.807, 2.05) is 38.1 Å². The highest BCUT2D eigenvalue weighted by Crippen LogP contribution is 2.16. The first kappa shape index (κ1) is 12.1. The van der Waals surface area contributed by atoms with Crippen LogP contribution in [0.25, 0.3) is 11.4 Å². The molecule has 1 heterocycles. The van der Waals surface area contributed by atoms with Gasteiger partial charge in [0.25, 0.3) is 0 Å². The van der Waals surface area contributed by atoms with Crippen molar-refractivity contribution in [2.24, 2.45) is 10.9 Å². The minimum Gasteiger partial charge on any atom is -0.394 e. The van der Waals surface area contributed by atoms with E-state index in [2.05, 4.69) is 20.3 Å². The predicted molar refractivity (Wildman–Crippen MR) is 68.9 cm³/mol. The van der Waals surface area contributed by atoms with Gasteiger partial charge in [-0.1, -0.05) is 23.4 Å². The van der Waals surface area contributed by atoms with E-state index in [-0.39, 0.29) is 0 Å². The Bertz CT molecular complexity index is 561. The van der Waals surface area contributed by atoms with Crippen LogP contribution in [0, 0.1) is 6.92 Å². The van der Waals surface area contributed by atoms with Crippen molar-refractivity contribution in [3.8, 4) is 11.4 Å². The summed E-state index contributed by atoms with van der Waals surface area (Å²) >= 11 is 0. The predicted octanol–water partition coefficient (Wildman–Crippen LogP) is 1.44. The number of amidine groups is 1. The van der Waals surface area contributed by atoms with Crippen LogP contribution in [0.4, 0.5) is 0 Å². The lowest BCUT2D eigenvalue weighted by Crippen LogP contribution is -2.13. The van der Waals surface area contributed by atoms with Crippen LogP contribution in [0.3, 0.4) is 0 Å². The largest absolute Gasteiger partial charge is 0.394 e. The van der Waals surface area contributed by atoms with Crippen LogP contribution in [-0.4, -0.2) is 27.6 Å². The number of aryl methyl sites for hydroxylation is 1. The molecule has 2 aromatic rings. The monoisotopic (exact) mass is 245 g/mol. The molecule has 0 atom stereocenters. The van der Waals surface area contributed by atoms with Crippen molar-refractivity contribution in [2.45, 2.75) is 13.8 Å². The van der Waals surface area contributed by atoms with Crippen LogP contribution in [0.1, 0.15) is 18.3 Å². The van der Waals surface area contributed by atoms with Gasteiger partial charge in [0.15, 0.2) is 11.7 Å². The molecule has 0 saturated heterocycles. The quantitative estimate of drug-likeness (QED) is 0.484. The highest BCUT2D eigenvalue weighted by molar-refractivity contribution is 5.97. The van der Waals surface area contributed by atoms with Crippen molar-refractivity contribution < 1.29 is 4.84 Å². The lowest BCUT2D eigenvalue weighted by atomic mass is 10.1. The van der Waals surface area contributed by atoms with Crippen LogP contribution < -0.4 is 5.73 Å². The Kier molecular flexibility index (Phi) is 3.57. The number of benzene rings is 1. The van der Waals surface area contributed by atoms with Gasteiger partial charge < -0.3 is 10.6 Å². The van der Waals surface area contributed by atoms with Gasteiger partial charge in [-0.05, 0) is 19.9 Å². The molecule has 0 bridgehead atoms. The van der Waals surface area contributed by atoms with E-state index in [0.717, 1.165) is 17.0 Å². The first-order valence-electron chi connectivity index (χ1n) is 5.66. The molecular weight excluding hydrogens is 230 g/mol. The second kappa shape index (κ2) is 5.31. The number of rotatable bonds is 4. The van der Waals surface area contributed by atoms with E-state index in [4.69, 9.17) is 10.6 Å². The summed E-state index contributed by atoms with van der Waals surface area (Å²) in [4.78, 5) is 9.19. The second-order valence-corrected chi connectivity index (χ2v) is 3.72. The Morgan fingerprint density at radius 2 is 2.33 bits per heavy atom. The number of oxime groups is 1. The van der Waals surface area contributed by atoms with Gasteiger partial charge in [-0.25, -0.2) is 4.98 Å². The molecule has 18 heavy (non-hydrogen) atoms. The average Bonchev–Trinajstić information content (AvgIpc) is 2.83. The molecule has 0 spiro atoms. The van der Waals surface area contributed by atoms with Crippen molar-refractivity contribution in [3.05, 3.63) is 35.7 Å². The van der Waals surface area contributed by atoms with Crippen LogP contribution in [0.15, 0.2) is 29.4 Å². The topological polar surface area (TPSA) is 89.2 Å². The number of aromatic nitrogens is 3. The van der Waals surface area contributed by atoms with Gasteiger partial charge in [-0.3, -0.25) is 5.10 Å². The summed E-state index contributed by atoms with van der Waals surface area (Å²) in [6.07, 6.45) is 0. The zero-order valence-corrected chi connectivity index (χ0v) is 10.3. The maximum atomic E-state index is 5.81. The highest BCUT2D eigenvalue weighted by atomic mass is 16.6. The highest BCUT2D eigenvalue weighted by Gasteiger charge is 2.06. The summed E-state index contributed by atoms with van der Waals surface area (Å²) in [6.45, 7) is 4.19. The van der Waals surface area contributed by atoms with Crippen molar-refractivity contribution in [1.29, 1.82) is 0 Å². The molecule has 0 radical (unpaired) electrons. The van der Waals surface area contributed by atoms with Crippen molar-refractivity contribution >= 4 is 5.84 Å². The SMILES string of the molecule is CCO/N=C(\N)c1cccc(-c2n[nH]c(C)n2)c1. The fourth-order valence-electron chi connectivity index (χ4n) is 1.48. The van der Waals surface area contributed by atoms with E-state index < -0.39 is 0 Å². The van der Waals surface area contributed by atoms with Gasteiger partial charge in [-0.15, -0.1) is 0 Å². The van der Waals surface area contributed by atoms with E-state index in [1.54, 1.807) is 0 Å². The van der Waals surface area contributed by atoms with Crippen LogP contribution in [0.2, 0.25) is 0 Å². The van der Waals surface area contributed by atoms with Gasteiger partial charge in [0.2, 0.25) is 0 Å². The fourth-order valence-corrected chi connectivity index (χ4v) is 1.48. The van der Waals surface area contributed by atoms with Crippen LogP contribution in [-0.2, 0) is 4.84 Å². The zero-order chi connectivity index (χ0) is 13.0. The van der Waals surface area contributed by atoms with Gasteiger partial charge in [0, 0.05) is 11.1 Å². The average molecular weight is 245 g/mol. The minimum atomic E-state index is 0.339. The third-order valence-corrected chi connectivity index (χ3v) is 2.31. The maximum absolute atomic E-state index is 5.81. The summed E-state index contributed by atoms with van der Waals surface area (Å²) in [5.41, 5.74) is 7.47. The summed E-state index contributed by atoms with van der Waals surface area (Å²) < 4.78 is 0. The van der Waals surface area contributed by atoms with Gasteiger partial charge in [0.1, 0.15) is 12.4 Å². The lowest BCUT2D eigenvalue weighted by Gasteiger charge is -2.02. The Balaban J connectivity index is 2.30. The van der Waals surface area contributed by atoms with E-state index >= 15 is 0 Å². The number of nitrogens with one attached hydrogen (secondary N) is 1. The molecule has 0 aliphatic carbocycles. The third kappa shape index (κ3) is 2.65. The number of nitrogens with zero attached hydrogens (tertiary/aromatic N) is 3. The van der Waals surface area contributed by atoms with Crippen LogP contribution in [0.5, 0.6) is 0 Å². The normalized spacial score (nSPS) is 11.6. The molecule has 94 valence electrons. The summed E-state index contributed by atoms with van der Waals surface area (Å²) in [7, 11) is 0.